The fourth-order valence-electron chi connectivity index (χ4n) is 2.70. The van der Waals surface area contributed by atoms with Crippen molar-refractivity contribution in [3.63, 3.8) is 0 Å². The summed E-state index contributed by atoms with van der Waals surface area (Å²) < 4.78 is 9.63. The number of phenolic OH excluding ortho intramolecular Hbond substituents is 1. The molecule has 1 saturated heterocycles. The van der Waals surface area contributed by atoms with Crippen LogP contribution in [-0.2, 0) is 9.53 Å². The summed E-state index contributed by atoms with van der Waals surface area (Å²) in [7, 11) is 4.12. The summed E-state index contributed by atoms with van der Waals surface area (Å²) in [6.45, 7) is 0. The van der Waals surface area contributed by atoms with Crippen LogP contribution in [-0.4, -0.2) is 53.2 Å². The number of methoxy groups -OCH3 is 2. The smallest absolute Gasteiger partial charge is 0.337 e. The summed E-state index contributed by atoms with van der Waals surface area (Å²) in [5.41, 5.74) is 0.681. The van der Waals surface area contributed by atoms with Crippen LogP contribution in [0.15, 0.2) is 46.3 Å². The highest BCUT2D eigenvalue weighted by molar-refractivity contribution is 8.18. The quantitative estimate of drug-likeness (QED) is 0.322. The second-order valence-corrected chi connectivity index (χ2v) is 7.26. The van der Waals surface area contributed by atoms with Crippen molar-refractivity contribution in [2.24, 2.45) is 4.99 Å². The van der Waals surface area contributed by atoms with Crippen LogP contribution in [0, 0.1) is 10.1 Å². The SMILES string of the molecule is COC(=O)c1ccc(N=C2SC(=Cc3cc(OC)c(O)c([N+](=O)[O-])c3)C(=O)N2C)cc1. The molecule has 0 saturated carbocycles. The van der Waals surface area contributed by atoms with E-state index in [0.717, 1.165) is 17.8 Å². The number of hydrogen-bond donors (Lipinski definition) is 1. The first-order valence-corrected chi connectivity index (χ1v) is 9.57. The number of benzene rings is 2. The zero-order valence-electron chi connectivity index (χ0n) is 16.7. The van der Waals surface area contributed by atoms with Crippen molar-refractivity contribution >= 4 is 46.3 Å². The zero-order chi connectivity index (χ0) is 22.7. The van der Waals surface area contributed by atoms with E-state index >= 15 is 0 Å². The number of amides is 1. The molecule has 0 aliphatic carbocycles. The van der Waals surface area contributed by atoms with E-state index in [9.17, 15) is 24.8 Å². The Kier molecular flexibility index (Phi) is 6.25. The van der Waals surface area contributed by atoms with Crippen LogP contribution < -0.4 is 4.74 Å². The van der Waals surface area contributed by atoms with E-state index in [1.54, 1.807) is 31.3 Å². The number of nitro benzene ring substituents is 1. The predicted octanol–water partition coefficient (Wildman–Crippen LogP) is 3.33. The number of aliphatic imine (C=N–C) groups is 1. The first kappa shape index (κ1) is 21.8. The Morgan fingerprint density at radius 1 is 1.26 bits per heavy atom. The number of nitrogens with zero attached hydrogens (tertiary/aromatic N) is 3. The number of nitro groups is 1. The molecule has 3 rings (SSSR count). The van der Waals surface area contributed by atoms with Gasteiger partial charge in [0.15, 0.2) is 10.9 Å². The van der Waals surface area contributed by atoms with Gasteiger partial charge in [-0.15, -0.1) is 0 Å². The molecule has 31 heavy (non-hydrogen) atoms. The Bertz CT molecular complexity index is 1130. The average molecular weight is 443 g/mol. The van der Waals surface area contributed by atoms with Crippen molar-refractivity contribution in [1.82, 2.24) is 4.90 Å². The lowest BCUT2D eigenvalue weighted by molar-refractivity contribution is -0.386. The highest BCUT2D eigenvalue weighted by Gasteiger charge is 2.31. The van der Waals surface area contributed by atoms with E-state index in [1.807, 2.05) is 0 Å². The Hall–Kier alpha value is -3.86. The molecule has 0 atom stereocenters. The first-order chi connectivity index (χ1) is 14.7. The van der Waals surface area contributed by atoms with E-state index in [2.05, 4.69) is 9.73 Å². The summed E-state index contributed by atoms with van der Waals surface area (Å²) in [6, 6.07) is 8.90. The number of aromatic hydroxyl groups is 1. The monoisotopic (exact) mass is 443 g/mol. The van der Waals surface area contributed by atoms with Gasteiger partial charge in [-0.25, -0.2) is 9.79 Å². The third-order valence-electron chi connectivity index (χ3n) is 4.31. The van der Waals surface area contributed by atoms with Crippen LogP contribution in [0.2, 0.25) is 0 Å². The number of likely N-dealkylation sites (N-methyl/N-ethyl adjacent to an activating group) is 1. The topological polar surface area (TPSA) is 132 Å². The third kappa shape index (κ3) is 4.51. The maximum absolute atomic E-state index is 12.6. The summed E-state index contributed by atoms with van der Waals surface area (Å²) in [4.78, 5) is 40.6. The van der Waals surface area contributed by atoms with Gasteiger partial charge in [-0.1, -0.05) is 0 Å². The number of carbonyl (C=O) groups is 2. The molecule has 1 fully saturated rings. The van der Waals surface area contributed by atoms with Crippen LogP contribution in [0.1, 0.15) is 15.9 Å². The molecule has 1 N–H and O–H groups in total. The summed E-state index contributed by atoms with van der Waals surface area (Å²) in [5.74, 6) is -1.48. The molecular weight excluding hydrogens is 426 g/mol. The predicted molar refractivity (Wildman–Crippen MR) is 115 cm³/mol. The van der Waals surface area contributed by atoms with E-state index in [-0.39, 0.29) is 16.6 Å². The van der Waals surface area contributed by atoms with Gasteiger partial charge in [0.05, 0.1) is 35.3 Å². The van der Waals surface area contributed by atoms with Crippen molar-refractivity contribution in [3.05, 3.63) is 62.5 Å². The average Bonchev–Trinajstić information content (AvgIpc) is 3.02. The number of carbonyl (C=O) groups excluding carboxylic acids is 2. The summed E-state index contributed by atoms with van der Waals surface area (Å²) >= 11 is 1.09. The van der Waals surface area contributed by atoms with Crippen LogP contribution in [0.25, 0.3) is 6.08 Å². The van der Waals surface area contributed by atoms with E-state index in [0.29, 0.717) is 22.0 Å². The minimum atomic E-state index is -0.736. The second kappa shape index (κ2) is 8.88. The van der Waals surface area contributed by atoms with Crippen molar-refractivity contribution in [2.45, 2.75) is 0 Å². The lowest BCUT2D eigenvalue weighted by Gasteiger charge is -2.07. The summed E-state index contributed by atoms with van der Waals surface area (Å²) in [5, 5.41) is 21.5. The maximum atomic E-state index is 12.6. The Balaban J connectivity index is 1.92. The van der Waals surface area contributed by atoms with Crippen LogP contribution >= 0.6 is 11.8 Å². The van der Waals surface area contributed by atoms with Gasteiger partial charge in [-0.05, 0) is 53.7 Å². The molecule has 0 bridgehead atoms. The second-order valence-electron chi connectivity index (χ2n) is 6.26. The van der Waals surface area contributed by atoms with Gasteiger partial charge >= 0.3 is 11.7 Å². The molecule has 1 aliphatic heterocycles. The normalized spacial score (nSPS) is 16.1. The summed E-state index contributed by atoms with van der Waals surface area (Å²) in [6.07, 6.45) is 1.46. The fraction of sp³-hybridized carbons (Fsp3) is 0.150. The molecule has 10 nitrogen and oxygen atoms in total. The molecule has 0 spiro atoms. The molecule has 0 aromatic heterocycles. The Morgan fingerprint density at radius 3 is 2.52 bits per heavy atom. The number of hydrogen-bond acceptors (Lipinski definition) is 9. The maximum Gasteiger partial charge on any atom is 0.337 e. The van der Waals surface area contributed by atoms with E-state index in [1.165, 1.54) is 31.3 Å². The van der Waals surface area contributed by atoms with E-state index in [4.69, 9.17) is 4.74 Å². The number of phenols is 1. The number of ether oxygens (including phenoxy) is 2. The Labute approximate surface area is 180 Å². The number of amidine groups is 1. The van der Waals surface area contributed by atoms with Gasteiger partial charge in [0.1, 0.15) is 0 Å². The van der Waals surface area contributed by atoms with Crippen LogP contribution in [0.5, 0.6) is 11.5 Å². The molecule has 160 valence electrons. The lowest BCUT2D eigenvalue weighted by atomic mass is 10.1. The van der Waals surface area contributed by atoms with Crippen molar-refractivity contribution in [3.8, 4) is 11.5 Å². The van der Waals surface area contributed by atoms with Gasteiger partial charge < -0.3 is 14.6 Å². The lowest BCUT2D eigenvalue weighted by Crippen LogP contribution is -2.23. The number of thioether (sulfide) groups is 1. The minimum Gasteiger partial charge on any atom is -0.500 e. The van der Waals surface area contributed by atoms with Crippen LogP contribution in [0.4, 0.5) is 11.4 Å². The van der Waals surface area contributed by atoms with Gasteiger partial charge in [-0.2, -0.15) is 0 Å². The molecule has 2 aromatic carbocycles. The molecule has 0 unspecified atom stereocenters. The fourth-order valence-corrected chi connectivity index (χ4v) is 3.68. The molecule has 11 heteroatoms. The largest absolute Gasteiger partial charge is 0.500 e. The van der Waals surface area contributed by atoms with Gasteiger partial charge in [0.25, 0.3) is 5.91 Å². The molecule has 1 amide bonds. The standard InChI is InChI=1S/C20H17N3O7S/c1-22-18(25)16(10-11-8-14(23(27)28)17(24)15(9-11)29-2)31-20(22)21-13-6-4-12(5-7-13)19(26)30-3/h4-10,24H,1-3H3. The van der Waals surface area contributed by atoms with E-state index < -0.39 is 22.3 Å². The van der Waals surface area contributed by atoms with Gasteiger partial charge in [0, 0.05) is 13.1 Å². The van der Waals surface area contributed by atoms with Crippen molar-refractivity contribution in [2.75, 3.05) is 21.3 Å². The number of rotatable bonds is 5. The molecule has 2 aromatic rings. The minimum absolute atomic E-state index is 0.0792. The Morgan fingerprint density at radius 2 is 1.94 bits per heavy atom. The third-order valence-corrected chi connectivity index (χ3v) is 5.37. The van der Waals surface area contributed by atoms with Gasteiger partial charge in [-0.3, -0.25) is 19.8 Å². The molecule has 1 aliphatic rings. The molecular formula is C20H17N3O7S. The molecule has 1 heterocycles. The highest BCUT2D eigenvalue weighted by atomic mass is 32.2. The number of esters is 1. The first-order valence-electron chi connectivity index (χ1n) is 8.75. The van der Waals surface area contributed by atoms with Crippen molar-refractivity contribution < 1.29 is 29.1 Å². The van der Waals surface area contributed by atoms with Crippen LogP contribution in [0.3, 0.4) is 0 Å². The van der Waals surface area contributed by atoms with Gasteiger partial charge in [0.2, 0.25) is 5.75 Å². The molecule has 0 radical (unpaired) electrons. The zero-order valence-corrected chi connectivity index (χ0v) is 17.5. The van der Waals surface area contributed by atoms with Crippen molar-refractivity contribution in [1.29, 1.82) is 0 Å². The highest BCUT2D eigenvalue weighted by Crippen LogP contribution is 2.39.